The maximum Gasteiger partial charge on any atom is 0.389 e. The Balaban J connectivity index is 1.54. The van der Waals surface area contributed by atoms with E-state index in [0.29, 0.717) is 32.4 Å². The number of aryl methyl sites for hydroxylation is 1. The Morgan fingerprint density at radius 3 is 2.45 bits per heavy atom. The number of carbonyl (C=O) groups is 1. The Morgan fingerprint density at radius 1 is 1.18 bits per heavy atom. The van der Waals surface area contributed by atoms with E-state index >= 15 is 0 Å². The van der Waals surface area contributed by atoms with Gasteiger partial charge in [0.25, 0.3) is 5.91 Å². The molecule has 188 valence electrons. The number of amides is 1. The topological polar surface area (TPSA) is 112 Å². The second-order valence-corrected chi connectivity index (χ2v) is 11.6. The average Bonchev–Trinajstić information content (AvgIpc) is 3.27. The molecule has 0 atom stereocenters. The van der Waals surface area contributed by atoms with Gasteiger partial charge in [0, 0.05) is 69.7 Å². The van der Waals surface area contributed by atoms with Crippen molar-refractivity contribution in [1.29, 1.82) is 0 Å². The van der Waals surface area contributed by atoms with Crippen LogP contribution in [0.4, 0.5) is 18.3 Å². The number of carbonyl (C=O) groups excluding carboxylic acids is 1. The zero-order valence-electron chi connectivity index (χ0n) is 18.1. The molecule has 1 aromatic heterocycles. The lowest BCUT2D eigenvalue weighted by molar-refractivity contribution is -0.136. The number of thiazole rings is 1. The number of piperazine rings is 1. The molecule has 3 heterocycles. The first-order valence-corrected chi connectivity index (χ1v) is 13.1. The summed E-state index contributed by atoms with van der Waals surface area (Å²) in [6.45, 7) is 1.37. The number of hydrogen-bond acceptors (Lipinski definition) is 8. The summed E-state index contributed by atoms with van der Waals surface area (Å²) < 4.78 is 68.1. The number of rotatable bonds is 9. The zero-order chi connectivity index (χ0) is 24.1. The molecule has 14 heteroatoms. The van der Waals surface area contributed by atoms with Gasteiger partial charge in [-0.15, -0.1) is 11.3 Å². The fraction of sp³-hybridized carbons (Fsp3) is 0.789. The maximum absolute atomic E-state index is 13.3. The van der Waals surface area contributed by atoms with E-state index in [1.54, 1.807) is 6.20 Å². The molecule has 0 saturated carbocycles. The van der Waals surface area contributed by atoms with Crippen molar-refractivity contribution in [3.8, 4) is 0 Å². The zero-order valence-corrected chi connectivity index (χ0v) is 19.8. The fourth-order valence-electron chi connectivity index (χ4n) is 4.13. The standard InChI is InChI=1S/C19H29F3N4O5S2/c20-19(21,22)5-3-1-2-4-15-14-23-17(32-15)25-8-10-26(11-9-25)33(29,30)18(16(27)24-28)6-12-31-13-7-18/h14,28H,1-13H2,(H,24,27). The molecule has 2 saturated heterocycles. The van der Waals surface area contributed by atoms with Crippen LogP contribution in [0.15, 0.2) is 6.20 Å². The van der Waals surface area contributed by atoms with E-state index in [1.165, 1.54) is 21.1 Å². The molecule has 0 aromatic carbocycles. The van der Waals surface area contributed by atoms with Crippen molar-refractivity contribution in [3.63, 3.8) is 0 Å². The van der Waals surface area contributed by atoms with E-state index in [-0.39, 0.29) is 45.6 Å². The van der Waals surface area contributed by atoms with Crippen LogP contribution in [-0.2, 0) is 26.0 Å². The first kappa shape index (κ1) is 26.1. The van der Waals surface area contributed by atoms with Crippen LogP contribution in [0.1, 0.15) is 43.4 Å². The van der Waals surface area contributed by atoms with Crippen molar-refractivity contribution in [3.05, 3.63) is 11.1 Å². The Labute approximate surface area is 194 Å². The molecule has 0 radical (unpaired) electrons. The number of nitrogens with one attached hydrogen (secondary N) is 1. The van der Waals surface area contributed by atoms with Crippen LogP contribution >= 0.6 is 11.3 Å². The average molecular weight is 515 g/mol. The van der Waals surface area contributed by atoms with E-state index in [4.69, 9.17) is 9.94 Å². The van der Waals surface area contributed by atoms with Crippen LogP contribution in [0.2, 0.25) is 0 Å². The highest BCUT2D eigenvalue weighted by atomic mass is 32.2. The largest absolute Gasteiger partial charge is 0.389 e. The molecule has 3 rings (SSSR count). The normalized spacial score (nSPS) is 20.1. The minimum atomic E-state index is -4.11. The molecule has 2 aliphatic heterocycles. The van der Waals surface area contributed by atoms with Gasteiger partial charge in [0.1, 0.15) is 0 Å². The van der Waals surface area contributed by atoms with E-state index in [9.17, 15) is 26.4 Å². The monoisotopic (exact) mass is 514 g/mol. The SMILES string of the molecule is O=C(NO)C1(S(=O)(=O)N2CCN(c3ncc(CCCCCC(F)(F)F)s3)CC2)CCOCC1. The molecule has 0 unspecified atom stereocenters. The van der Waals surface area contributed by atoms with Crippen LogP contribution in [0.3, 0.4) is 0 Å². The van der Waals surface area contributed by atoms with Gasteiger partial charge < -0.3 is 9.64 Å². The number of ether oxygens (including phenoxy) is 1. The van der Waals surface area contributed by atoms with Gasteiger partial charge in [0.2, 0.25) is 10.0 Å². The Hall–Kier alpha value is -1.48. The van der Waals surface area contributed by atoms with Crippen LogP contribution in [0.25, 0.3) is 0 Å². The molecule has 2 fully saturated rings. The van der Waals surface area contributed by atoms with Crippen molar-refractivity contribution in [2.24, 2.45) is 0 Å². The number of nitrogens with zero attached hydrogens (tertiary/aromatic N) is 3. The highest BCUT2D eigenvalue weighted by molar-refractivity contribution is 7.91. The van der Waals surface area contributed by atoms with Gasteiger partial charge in [0.05, 0.1) is 0 Å². The number of halogens is 3. The second-order valence-electron chi connectivity index (χ2n) is 8.22. The number of alkyl halides is 3. The van der Waals surface area contributed by atoms with Crippen molar-refractivity contribution in [1.82, 2.24) is 14.8 Å². The van der Waals surface area contributed by atoms with Gasteiger partial charge in [0.15, 0.2) is 9.88 Å². The van der Waals surface area contributed by atoms with Crippen molar-refractivity contribution in [2.45, 2.75) is 55.9 Å². The van der Waals surface area contributed by atoms with Crippen molar-refractivity contribution in [2.75, 3.05) is 44.3 Å². The van der Waals surface area contributed by atoms with Crippen molar-refractivity contribution < 1.29 is 36.3 Å². The second kappa shape index (κ2) is 10.8. The predicted octanol–water partition coefficient (Wildman–Crippen LogP) is 2.31. The summed E-state index contributed by atoms with van der Waals surface area (Å²) in [5.74, 6) is -0.937. The van der Waals surface area contributed by atoms with Crippen LogP contribution in [-0.4, -0.2) is 79.1 Å². The molecular weight excluding hydrogens is 485 g/mol. The van der Waals surface area contributed by atoms with Gasteiger partial charge in [-0.2, -0.15) is 17.5 Å². The quantitative estimate of drug-likeness (QED) is 0.296. The third-order valence-electron chi connectivity index (χ3n) is 6.08. The van der Waals surface area contributed by atoms with E-state index in [0.717, 1.165) is 10.0 Å². The molecule has 1 amide bonds. The van der Waals surface area contributed by atoms with E-state index in [1.807, 2.05) is 4.90 Å². The van der Waals surface area contributed by atoms with Gasteiger partial charge in [-0.3, -0.25) is 10.0 Å². The smallest absolute Gasteiger partial charge is 0.381 e. The third kappa shape index (κ3) is 6.15. The number of aromatic nitrogens is 1. The molecule has 0 aliphatic carbocycles. The highest BCUT2D eigenvalue weighted by Crippen LogP contribution is 2.34. The van der Waals surface area contributed by atoms with Crippen LogP contribution < -0.4 is 10.4 Å². The number of anilines is 1. The molecular formula is C19H29F3N4O5S2. The minimum absolute atomic E-state index is 0.0270. The summed E-state index contributed by atoms with van der Waals surface area (Å²) in [7, 11) is -4.03. The number of sulfonamides is 1. The fourth-order valence-corrected chi connectivity index (χ4v) is 7.24. The number of unbranched alkanes of at least 4 members (excludes halogenated alkanes) is 2. The Bertz CT molecular complexity index is 895. The molecule has 9 nitrogen and oxygen atoms in total. The molecule has 0 spiro atoms. The molecule has 2 N–H and O–H groups in total. The van der Waals surface area contributed by atoms with E-state index < -0.39 is 33.3 Å². The third-order valence-corrected chi connectivity index (χ3v) is 9.83. The predicted molar refractivity (Wildman–Crippen MR) is 116 cm³/mol. The summed E-state index contributed by atoms with van der Waals surface area (Å²) >= 11 is 1.46. The lowest BCUT2D eigenvalue weighted by atomic mass is 9.98. The first-order chi connectivity index (χ1) is 15.6. The van der Waals surface area contributed by atoms with Crippen LogP contribution in [0, 0.1) is 0 Å². The van der Waals surface area contributed by atoms with Crippen LogP contribution in [0.5, 0.6) is 0 Å². The number of hydrogen-bond donors (Lipinski definition) is 2. The van der Waals surface area contributed by atoms with Gasteiger partial charge in [-0.25, -0.2) is 18.9 Å². The van der Waals surface area contributed by atoms with Crippen molar-refractivity contribution >= 4 is 32.4 Å². The molecule has 0 bridgehead atoms. The summed E-state index contributed by atoms with van der Waals surface area (Å²) in [6, 6.07) is 0. The minimum Gasteiger partial charge on any atom is -0.381 e. The van der Waals surface area contributed by atoms with E-state index in [2.05, 4.69) is 4.98 Å². The van der Waals surface area contributed by atoms with Gasteiger partial charge in [-0.05, 0) is 19.3 Å². The molecule has 2 aliphatic rings. The molecule has 33 heavy (non-hydrogen) atoms. The highest BCUT2D eigenvalue weighted by Gasteiger charge is 2.54. The number of hydroxylamine groups is 1. The summed E-state index contributed by atoms with van der Waals surface area (Å²) in [5.41, 5.74) is 1.52. The first-order valence-electron chi connectivity index (χ1n) is 10.9. The summed E-state index contributed by atoms with van der Waals surface area (Å²) in [5, 5.41) is 9.89. The van der Waals surface area contributed by atoms with Gasteiger partial charge >= 0.3 is 6.18 Å². The lowest BCUT2D eigenvalue weighted by Crippen LogP contribution is -2.62. The molecule has 1 aromatic rings. The lowest BCUT2D eigenvalue weighted by Gasteiger charge is -2.41. The summed E-state index contributed by atoms with van der Waals surface area (Å²) in [6.07, 6.45) is -1.28. The Morgan fingerprint density at radius 2 is 1.85 bits per heavy atom. The Kier molecular flexibility index (Phi) is 8.59. The summed E-state index contributed by atoms with van der Waals surface area (Å²) in [4.78, 5) is 19.7. The maximum atomic E-state index is 13.3. The van der Waals surface area contributed by atoms with Gasteiger partial charge in [-0.1, -0.05) is 6.42 Å².